The molecule has 1 fully saturated rings. The van der Waals surface area contributed by atoms with Crippen molar-refractivity contribution in [3.8, 4) is 9.88 Å². The molecule has 162 valence electrons. The van der Waals surface area contributed by atoms with Crippen LogP contribution in [0.3, 0.4) is 0 Å². The summed E-state index contributed by atoms with van der Waals surface area (Å²) in [6.07, 6.45) is 2.62. The van der Waals surface area contributed by atoms with Crippen LogP contribution in [-0.4, -0.2) is 41.3 Å². The van der Waals surface area contributed by atoms with Gasteiger partial charge in [0.25, 0.3) is 5.91 Å². The van der Waals surface area contributed by atoms with Gasteiger partial charge in [0.1, 0.15) is 10.7 Å². The highest BCUT2D eigenvalue weighted by Gasteiger charge is 2.22. The molecule has 1 aromatic carbocycles. The van der Waals surface area contributed by atoms with Gasteiger partial charge in [-0.2, -0.15) is 0 Å². The Morgan fingerprint density at radius 2 is 1.90 bits per heavy atom. The molecule has 0 spiro atoms. The summed E-state index contributed by atoms with van der Waals surface area (Å²) in [6.45, 7) is 2.77. The fraction of sp³-hybridized carbons (Fsp3) is 0.318. The number of rotatable bonds is 7. The number of thiophene rings is 1. The number of nitrogens with two attached hydrogens (primary N) is 1. The van der Waals surface area contributed by atoms with Crippen LogP contribution in [-0.2, 0) is 11.2 Å². The number of aromatic nitrogens is 1. The van der Waals surface area contributed by atoms with E-state index in [9.17, 15) is 9.59 Å². The highest BCUT2D eigenvalue weighted by Crippen LogP contribution is 2.33. The molecule has 3 N–H and O–H groups in total. The first kappa shape index (κ1) is 22.0. The molecular weight excluding hydrogens is 452 g/mol. The lowest BCUT2D eigenvalue weighted by Crippen LogP contribution is -2.39. The SMILES string of the molecule is NC(=O)C1CCN(CCc2ccc(NC(=O)c3csc(-c4ccc(Cl)s4)n3)cc2)CC1. The van der Waals surface area contributed by atoms with Gasteiger partial charge >= 0.3 is 0 Å². The van der Waals surface area contributed by atoms with Gasteiger partial charge in [0.2, 0.25) is 5.91 Å². The molecule has 0 atom stereocenters. The number of hydrogen-bond acceptors (Lipinski definition) is 6. The summed E-state index contributed by atoms with van der Waals surface area (Å²) in [6, 6.07) is 11.6. The van der Waals surface area contributed by atoms with E-state index in [1.807, 2.05) is 36.4 Å². The summed E-state index contributed by atoms with van der Waals surface area (Å²) in [5.41, 5.74) is 7.74. The van der Waals surface area contributed by atoms with Crippen molar-refractivity contribution in [2.45, 2.75) is 19.3 Å². The minimum Gasteiger partial charge on any atom is -0.369 e. The number of likely N-dealkylation sites (tertiary alicyclic amines) is 1. The monoisotopic (exact) mass is 474 g/mol. The number of halogens is 1. The second-order valence-corrected chi connectivity index (χ2v) is 10.1. The first-order chi connectivity index (χ1) is 15.0. The minimum atomic E-state index is -0.227. The molecule has 0 saturated carbocycles. The fourth-order valence-electron chi connectivity index (χ4n) is 3.60. The summed E-state index contributed by atoms with van der Waals surface area (Å²) in [5, 5.41) is 5.45. The molecular formula is C22H23ClN4O2S2. The Morgan fingerprint density at radius 3 is 2.55 bits per heavy atom. The Morgan fingerprint density at radius 1 is 1.16 bits per heavy atom. The zero-order valence-electron chi connectivity index (χ0n) is 16.8. The fourth-order valence-corrected chi connectivity index (χ4v) is 5.51. The van der Waals surface area contributed by atoms with Crippen molar-refractivity contribution >= 4 is 51.8 Å². The summed E-state index contributed by atoms with van der Waals surface area (Å²) in [5.74, 6) is -0.381. The molecule has 1 aliphatic heterocycles. The number of nitrogens with one attached hydrogen (secondary N) is 1. The Labute approximate surface area is 194 Å². The van der Waals surface area contributed by atoms with Gasteiger partial charge in [-0.25, -0.2) is 4.98 Å². The van der Waals surface area contributed by atoms with E-state index in [1.165, 1.54) is 28.2 Å². The van der Waals surface area contributed by atoms with E-state index in [2.05, 4.69) is 15.2 Å². The first-order valence-electron chi connectivity index (χ1n) is 10.1. The molecule has 3 heterocycles. The summed E-state index contributed by atoms with van der Waals surface area (Å²) in [7, 11) is 0. The molecule has 2 amide bonds. The molecule has 1 saturated heterocycles. The van der Waals surface area contributed by atoms with Crippen LogP contribution in [0.15, 0.2) is 41.8 Å². The molecule has 0 radical (unpaired) electrons. The topological polar surface area (TPSA) is 88.3 Å². The van der Waals surface area contributed by atoms with E-state index in [1.54, 1.807) is 5.38 Å². The van der Waals surface area contributed by atoms with Crippen LogP contribution in [0, 0.1) is 5.92 Å². The van der Waals surface area contributed by atoms with E-state index in [0.29, 0.717) is 10.0 Å². The third-order valence-corrected chi connectivity index (χ3v) is 7.68. The molecule has 0 unspecified atom stereocenters. The molecule has 4 rings (SSSR count). The lowest BCUT2D eigenvalue weighted by Gasteiger charge is -2.30. The summed E-state index contributed by atoms with van der Waals surface area (Å²) in [4.78, 5) is 31.6. The maximum Gasteiger partial charge on any atom is 0.275 e. The van der Waals surface area contributed by atoms with Crippen molar-refractivity contribution < 1.29 is 9.59 Å². The number of benzene rings is 1. The lowest BCUT2D eigenvalue weighted by molar-refractivity contribution is -0.123. The maximum absolute atomic E-state index is 12.5. The molecule has 0 bridgehead atoms. The van der Waals surface area contributed by atoms with Gasteiger partial charge in [0.05, 0.1) is 9.21 Å². The summed E-state index contributed by atoms with van der Waals surface area (Å²) < 4.78 is 0.700. The van der Waals surface area contributed by atoms with Crippen molar-refractivity contribution in [1.29, 1.82) is 0 Å². The van der Waals surface area contributed by atoms with E-state index in [4.69, 9.17) is 17.3 Å². The van der Waals surface area contributed by atoms with Crippen molar-refractivity contribution in [2.75, 3.05) is 25.0 Å². The number of anilines is 1. The highest BCUT2D eigenvalue weighted by atomic mass is 35.5. The number of piperidine rings is 1. The van der Waals surface area contributed by atoms with Gasteiger partial charge in [-0.05, 0) is 62.2 Å². The Hall–Kier alpha value is -2.26. The van der Waals surface area contributed by atoms with Crippen molar-refractivity contribution in [3.05, 3.63) is 57.4 Å². The van der Waals surface area contributed by atoms with Crippen LogP contribution < -0.4 is 11.1 Å². The van der Waals surface area contributed by atoms with E-state index in [-0.39, 0.29) is 17.7 Å². The first-order valence-corrected chi connectivity index (χ1v) is 12.2. The van der Waals surface area contributed by atoms with Crippen molar-refractivity contribution in [1.82, 2.24) is 9.88 Å². The number of primary amides is 1. The van der Waals surface area contributed by atoms with Crippen molar-refractivity contribution in [2.24, 2.45) is 11.7 Å². The molecule has 31 heavy (non-hydrogen) atoms. The average molecular weight is 475 g/mol. The number of nitrogens with zero attached hydrogens (tertiary/aromatic N) is 2. The number of thiazole rings is 1. The quantitative estimate of drug-likeness (QED) is 0.527. The second-order valence-electron chi connectivity index (χ2n) is 7.56. The Balaban J connectivity index is 1.27. The zero-order valence-corrected chi connectivity index (χ0v) is 19.2. The van der Waals surface area contributed by atoms with Gasteiger partial charge < -0.3 is 16.0 Å². The van der Waals surface area contributed by atoms with Gasteiger partial charge in [0.15, 0.2) is 0 Å². The van der Waals surface area contributed by atoms with Gasteiger partial charge in [-0.15, -0.1) is 22.7 Å². The predicted molar refractivity (Wildman–Crippen MR) is 127 cm³/mol. The smallest absolute Gasteiger partial charge is 0.275 e. The van der Waals surface area contributed by atoms with Gasteiger partial charge in [0, 0.05) is 23.5 Å². The van der Waals surface area contributed by atoms with E-state index >= 15 is 0 Å². The van der Waals surface area contributed by atoms with Crippen LogP contribution in [0.5, 0.6) is 0 Å². The number of amides is 2. The standard InChI is InChI=1S/C22H23ClN4O2S2/c23-19-6-5-18(31-19)22-26-17(13-30-22)21(29)25-16-3-1-14(2-4-16)7-10-27-11-8-15(9-12-27)20(24)28/h1-6,13,15H,7-12H2,(H2,24,28)(H,25,29). The normalized spacial score (nSPS) is 15.1. The molecule has 6 nitrogen and oxygen atoms in total. The largest absolute Gasteiger partial charge is 0.369 e. The van der Waals surface area contributed by atoms with E-state index in [0.717, 1.165) is 54.5 Å². The Bertz CT molecular complexity index is 1060. The van der Waals surface area contributed by atoms with Gasteiger partial charge in [-0.3, -0.25) is 9.59 Å². The molecule has 2 aromatic heterocycles. The molecule has 9 heteroatoms. The third-order valence-electron chi connectivity index (χ3n) is 5.44. The number of hydrogen-bond donors (Lipinski definition) is 2. The zero-order chi connectivity index (χ0) is 21.8. The third kappa shape index (κ3) is 5.71. The van der Waals surface area contributed by atoms with Crippen LogP contribution in [0.4, 0.5) is 5.69 Å². The predicted octanol–water partition coefficient (Wildman–Crippen LogP) is 4.52. The lowest BCUT2D eigenvalue weighted by atomic mass is 9.96. The summed E-state index contributed by atoms with van der Waals surface area (Å²) >= 11 is 8.85. The Kier molecular flexibility index (Phi) is 7.02. The van der Waals surface area contributed by atoms with Crippen LogP contribution in [0.2, 0.25) is 4.34 Å². The number of carbonyl (C=O) groups excluding carboxylic acids is 2. The highest BCUT2D eigenvalue weighted by molar-refractivity contribution is 7.23. The van der Waals surface area contributed by atoms with E-state index < -0.39 is 0 Å². The average Bonchev–Trinajstić information content (AvgIpc) is 3.43. The molecule has 1 aliphatic rings. The minimum absolute atomic E-state index is 0.0241. The van der Waals surface area contributed by atoms with Crippen molar-refractivity contribution in [3.63, 3.8) is 0 Å². The second kappa shape index (κ2) is 9.91. The van der Waals surface area contributed by atoms with Crippen LogP contribution in [0.25, 0.3) is 9.88 Å². The van der Waals surface area contributed by atoms with Crippen LogP contribution in [0.1, 0.15) is 28.9 Å². The molecule has 3 aromatic rings. The number of carbonyl (C=O) groups is 2. The van der Waals surface area contributed by atoms with Gasteiger partial charge in [-0.1, -0.05) is 23.7 Å². The molecule has 0 aliphatic carbocycles. The maximum atomic E-state index is 12.5. The van der Waals surface area contributed by atoms with Crippen LogP contribution >= 0.6 is 34.3 Å².